The summed E-state index contributed by atoms with van der Waals surface area (Å²) in [5.74, 6) is 0. The molecule has 130 valence electrons. The fourth-order valence-corrected chi connectivity index (χ4v) is 3.40. The predicted octanol–water partition coefficient (Wildman–Crippen LogP) is 6.77. The van der Waals surface area contributed by atoms with Crippen LogP contribution in [0.15, 0.2) is 48.5 Å². The molecular weight excluding hydrogens is 363 g/mol. The number of nitriles is 1. The molecule has 26 heavy (non-hydrogen) atoms. The Morgan fingerprint density at radius 1 is 1.00 bits per heavy atom. The van der Waals surface area contributed by atoms with Gasteiger partial charge in [-0.1, -0.05) is 53.0 Å². The van der Waals surface area contributed by atoms with Crippen molar-refractivity contribution in [2.24, 2.45) is 0 Å². The zero-order valence-corrected chi connectivity index (χ0v) is 16.4. The second-order valence-electron chi connectivity index (χ2n) is 6.29. The lowest BCUT2D eigenvalue weighted by Crippen LogP contribution is -2.00. The highest BCUT2D eigenvalue weighted by atomic mass is 35.5. The molecule has 0 saturated carbocycles. The molecule has 2 aromatic carbocycles. The molecule has 0 unspecified atom stereocenters. The molecule has 4 heteroatoms. The lowest BCUT2D eigenvalue weighted by atomic mass is 10.0. The average Bonchev–Trinajstić information content (AvgIpc) is 2.89. The molecule has 0 N–H and O–H groups in total. The monoisotopic (exact) mass is 380 g/mol. The van der Waals surface area contributed by atoms with Crippen LogP contribution in [0.25, 0.3) is 17.3 Å². The Balaban J connectivity index is 2.12. The minimum atomic E-state index is 0.627. The Morgan fingerprint density at radius 3 is 2.35 bits per heavy atom. The Morgan fingerprint density at radius 2 is 1.69 bits per heavy atom. The fraction of sp³-hybridized carbons (Fsp3) is 0.136. The van der Waals surface area contributed by atoms with Crippen molar-refractivity contribution in [3.8, 4) is 11.8 Å². The van der Waals surface area contributed by atoms with Crippen molar-refractivity contribution < 1.29 is 0 Å². The van der Waals surface area contributed by atoms with Gasteiger partial charge in [0.1, 0.15) is 0 Å². The van der Waals surface area contributed by atoms with Crippen LogP contribution in [0.5, 0.6) is 0 Å². The SMILES string of the molecule is Cc1ccc(/C(C#N)=C\c2cc(C)n(-c3cc(Cl)ccc3Cl)c2C)cc1. The summed E-state index contributed by atoms with van der Waals surface area (Å²) in [6, 6.07) is 17.7. The molecule has 3 aromatic rings. The zero-order valence-electron chi connectivity index (χ0n) is 14.8. The van der Waals surface area contributed by atoms with Gasteiger partial charge in [0.15, 0.2) is 0 Å². The number of hydrogen-bond donors (Lipinski definition) is 0. The van der Waals surface area contributed by atoms with Gasteiger partial charge in [-0.05, 0) is 62.2 Å². The molecule has 0 aliphatic rings. The van der Waals surface area contributed by atoms with Crippen LogP contribution in [0.4, 0.5) is 0 Å². The van der Waals surface area contributed by atoms with Crippen molar-refractivity contribution in [1.29, 1.82) is 5.26 Å². The summed E-state index contributed by atoms with van der Waals surface area (Å²) < 4.78 is 2.06. The van der Waals surface area contributed by atoms with E-state index in [-0.39, 0.29) is 0 Å². The van der Waals surface area contributed by atoms with Gasteiger partial charge in [-0.15, -0.1) is 0 Å². The average molecular weight is 381 g/mol. The number of hydrogen-bond acceptors (Lipinski definition) is 1. The van der Waals surface area contributed by atoms with E-state index in [0.717, 1.165) is 28.2 Å². The maximum atomic E-state index is 9.61. The number of nitrogens with zero attached hydrogens (tertiary/aromatic N) is 2. The lowest BCUT2D eigenvalue weighted by Gasteiger charge is -2.12. The maximum absolute atomic E-state index is 9.61. The predicted molar refractivity (Wildman–Crippen MR) is 110 cm³/mol. The largest absolute Gasteiger partial charge is 0.316 e. The normalized spacial score (nSPS) is 11.5. The molecule has 1 aromatic heterocycles. The first-order chi connectivity index (χ1) is 12.4. The fourth-order valence-electron chi connectivity index (χ4n) is 3.03. The van der Waals surface area contributed by atoms with E-state index in [1.807, 2.05) is 57.2 Å². The van der Waals surface area contributed by atoms with E-state index in [0.29, 0.717) is 15.6 Å². The Labute approximate surface area is 163 Å². The van der Waals surface area contributed by atoms with Crippen molar-refractivity contribution in [3.63, 3.8) is 0 Å². The van der Waals surface area contributed by atoms with Gasteiger partial charge >= 0.3 is 0 Å². The quantitative estimate of drug-likeness (QED) is 0.460. The lowest BCUT2D eigenvalue weighted by molar-refractivity contribution is 0.965. The number of rotatable bonds is 3. The van der Waals surface area contributed by atoms with Crippen molar-refractivity contribution in [1.82, 2.24) is 4.57 Å². The highest BCUT2D eigenvalue weighted by Gasteiger charge is 2.13. The highest BCUT2D eigenvalue weighted by molar-refractivity contribution is 6.34. The van der Waals surface area contributed by atoms with E-state index in [9.17, 15) is 5.26 Å². The topological polar surface area (TPSA) is 28.7 Å². The van der Waals surface area contributed by atoms with Gasteiger partial charge in [0, 0.05) is 16.4 Å². The maximum Gasteiger partial charge on any atom is 0.0998 e. The van der Waals surface area contributed by atoms with Gasteiger partial charge in [0.2, 0.25) is 0 Å². The van der Waals surface area contributed by atoms with Crippen LogP contribution in [0.3, 0.4) is 0 Å². The van der Waals surface area contributed by atoms with E-state index < -0.39 is 0 Å². The highest BCUT2D eigenvalue weighted by Crippen LogP contribution is 2.30. The van der Waals surface area contributed by atoms with Crippen LogP contribution in [0.1, 0.15) is 28.1 Å². The van der Waals surface area contributed by atoms with Gasteiger partial charge in [-0.3, -0.25) is 0 Å². The molecule has 0 amide bonds. The van der Waals surface area contributed by atoms with Gasteiger partial charge in [-0.25, -0.2) is 0 Å². The summed E-state index contributed by atoms with van der Waals surface area (Å²) in [6.07, 6.45) is 1.92. The van der Waals surface area contributed by atoms with E-state index in [2.05, 4.69) is 16.7 Å². The van der Waals surface area contributed by atoms with E-state index in [1.165, 1.54) is 5.56 Å². The third-order valence-corrected chi connectivity index (χ3v) is 4.96. The molecule has 0 saturated heterocycles. The molecular formula is C22H18Cl2N2. The van der Waals surface area contributed by atoms with Gasteiger partial charge in [-0.2, -0.15) is 5.26 Å². The number of aromatic nitrogens is 1. The molecule has 0 radical (unpaired) electrons. The minimum absolute atomic E-state index is 0.627. The van der Waals surface area contributed by atoms with Gasteiger partial charge < -0.3 is 4.57 Å². The van der Waals surface area contributed by atoms with Crippen molar-refractivity contribution >= 4 is 34.9 Å². The third-order valence-electron chi connectivity index (χ3n) is 4.40. The molecule has 0 spiro atoms. The molecule has 0 aliphatic heterocycles. The molecule has 0 atom stereocenters. The van der Waals surface area contributed by atoms with Crippen LogP contribution < -0.4 is 0 Å². The van der Waals surface area contributed by atoms with Gasteiger partial charge in [0.05, 0.1) is 22.4 Å². The first kappa shape index (κ1) is 18.3. The Bertz CT molecular complexity index is 1040. The van der Waals surface area contributed by atoms with Crippen LogP contribution in [-0.2, 0) is 0 Å². The molecule has 3 rings (SSSR count). The third kappa shape index (κ3) is 3.55. The van der Waals surface area contributed by atoms with E-state index in [1.54, 1.807) is 12.1 Å². The van der Waals surface area contributed by atoms with Crippen molar-refractivity contribution in [3.05, 3.63) is 86.7 Å². The van der Waals surface area contributed by atoms with Crippen molar-refractivity contribution in [2.75, 3.05) is 0 Å². The van der Waals surface area contributed by atoms with Crippen LogP contribution in [-0.4, -0.2) is 4.57 Å². The number of halogens is 2. The second-order valence-corrected chi connectivity index (χ2v) is 7.14. The first-order valence-electron chi connectivity index (χ1n) is 8.24. The van der Waals surface area contributed by atoms with Gasteiger partial charge in [0.25, 0.3) is 0 Å². The van der Waals surface area contributed by atoms with Crippen LogP contribution in [0.2, 0.25) is 10.0 Å². The summed E-state index contributed by atoms with van der Waals surface area (Å²) in [5.41, 5.74) is 6.55. The number of benzene rings is 2. The molecule has 2 nitrogen and oxygen atoms in total. The number of allylic oxidation sites excluding steroid dienone is 1. The summed E-state index contributed by atoms with van der Waals surface area (Å²) in [7, 11) is 0. The van der Waals surface area contributed by atoms with Crippen molar-refractivity contribution in [2.45, 2.75) is 20.8 Å². The van der Waals surface area contributed by atoms with Crippen LogP contribution >= 0.6 is 23.2 Å². The summed E-state index contributed by atoms with van der Waals surface area (Å²) >= 11 is 12.5. The molecule has 0 fully saturated rings. The minimum Gasteiger partial charge on any atom is -0.316 e. The number of aryl methyl sites for hydroxylation is 2. The Hall–Kier alpha value is -2.47. The smallest absolute Gasteiger partial charge is 0.0998 e. The molecule has 1 heterocycles. The summed E-state index contributed by atoms with van der Waals surface area (Å²) in [6.45, 7) is 6.06. The second kappa shape index (κ2) is 7.41. The summed E-state index contributed by atoms with van der Waals surface area (Å²) in [5, 5.41) is 10.9. The molecule has 0 bridgehead atoms. The Kier molecular flexibility index (Phi) is 5.23. The molecule has 0 aliphatic carbocycles. The zero-order chi connectivity index (χ0) is 18.8. The summed E-state index contributed by atoms with van der Waals surface area (Å²) in [4.78, 5) is 0. The van der Waals surface area contributed by atoms with Crippen LogP contribution in [0, 0.1) is 32.1 Å². The standard InChI is InChI=1S/C22H18Cl2N2/c1-14-4-6-17(7-5-14)19(13-25)11-18-10-15(2)26(16(18)3)22-12-20(23)8-9-21(22)24/h4-12H,1-3H3/b19-11-. The van der Waals surface area contributed by atoms with E-state index in [4.69, 9.17) is 23.2 Å². The van der Waals surface area contributed by atoms with E-state index >= 15 is 0 Å². The first-order valence-corrected chi connectivity index (χ1v) is 8.99.